The Morgan fingerprint density at radius 2 is 1.26 bits per heavy atom. The number of allylic oxidation sites excluding steroid dienone is 2. The van der Waals surface area contributed by atoms with Crippen LogP contribution >= 0.6 is 0 Å². The van der Waals surface area contributed by atoms with E-state index in [0.717, 1.165) is 17.6 Å². The molecule has 1 nitrogen and oxygen atoms in total. The molecule has 178 valence electrons. The highest BCUT2D eigenvalue weighted by molar-refractivity contribution is 6.24. The molecule has 0 fully saturated rings. The van der Waals surface area contributed by atoms with Gasteiger partial charge in [-0.2, -0.15) is 0 Å². The van der Waals surface area contributed by atoms with Gasteiger partial charge in [0.1, 0.15) is 11.2 Å². The molecule has 1 heteroatoms. The SMILES string of the molecule is C1=CCC=c2c(-c3ccccc3)c3ccccc3c(-c3cccc4oc5ccc6ccccc6c5c34)c2=C1. The third-order valence-electron chi connectivity index (χ3n) is 7.87. The van der Waals surface area contributed by atoms with Crippen LogP contribution in [-0.4, -0.2) is 0 Å². The van der Waals surface area contributed by atoms with Crippen LogP contribution in [0.5, 0.6) is 0 Å². The van der Waals surface area contributed by atoms with E-state index in [-0.39, 0.29) is 0 Å². The van der Waals surface area contributed by atoms with Crippen molar-refractivity contribution in [1.82, 2.24) is 0 Å². The molecule has 1 aromatic heterocycles. The van der Waals surface area contributed by atoms with Gasteiger partial charge in [-0.3, -0.25) is 0 Å². The fraction of sp³-hybridized carbons (Fsp3) is 0.0270. The van der Waals surface area contributed by atoms with Crippen LogP contribution in [-0.2, 0) is 0 Å². The largest absolute Gasteiger partial charge is 0.456 e. The first-order valence-electron chi connectivity index (χ1n) is 13.2. The molecule has 1 aliphatic rings. The number of benzene rings is 6. The molecule has 7 aromatic rings. The first-order valence-corrected chi connectivity index (χ1v) is 13.2. The fourth-order valence-corrected chi connectivity index (χ4v) is 6.29. The van der Waals surface area contributed by atoms with Crippen molar-refractivity contribution in [2.24, 2.45) is 0 Å². The van der Waals surface area contributed by atoms with Crippen molar-refractivity contribution in [3.8, 4) is 22.3 Å². The smallest absolute Gasteiger partial charge is 0.136 e. The highest BCUT2D eigenvalue weighted by atomic mass is 16.3. The van der Waals surface area contributed by atoms with Gasteiger partial charge in [0.15, 0.2) is 0 Å². The first kappa shape index (κ1) is 21.2. The van der Waals surface area contributed by atoms with Gasteiger partial charge in [0.05, 0.1) is 0 Å². The van der Waals surface area contributed by atoms with Crippen LogP contribution < -0.4 is 10.4 Å². The summed E-state index contributed by atoms with van der Waals surface area (Å²) in [5, 5.41) is 9.91. The predicted octanol–water partition coefficient (Wildman–Crippen LogP) is 8.75. The van der Waals surface area contributed by atoms with Crippen molar-refractivity contribution in [1.29, 1.82) is 0 Å². The molecule has 38 heavy (non-hydrogen) atoms. The van der Waals surface area contributed by atoms with E-state index < -0.39 is 0 Å². The number of furan rings is 1. The molecule has 6 aromatic carbocycles. The number of fused-ring (bicyclic) bond motifs is 7. The van der Waals surface area contributed by atoms with Gasteiger partial charge >= 0.3 is 0 Å². The summed E-state index contributed by atoms with van der Waals surface area (Å²) < 4.78 is 6.46. The Labute approximate surface area is 220 Å². The Morgan fingerprint density at radius 3 is 2.13 bits per heavy atom. The molecule has 0 atom stereocenters. The second-order valence-electron chi connectivity index (χ2n) is 9.96. The van der Waals surface area contributed by atoms with Gasteiger partial charge in [-0.1, -0.05) is 121 Å². The van der Waals surface area contributed by atoms with Gasteiger partial charge in [0.2, 0.25) is 0 Å². The summed E-state index contributed by atoms with van der Waals surface area (Å²) in [5.41, 5.74) is 6.87. The van der Waals surface area contributed by atoms with Crippen LogP contribution in [0, 0.1) is 0 Å². The molecule has 1 aliphatic carbocycles. The minimum absolute atomic E-state index is 0.907. The van der Waals surface area contributed by atoms with E-state index in [1.165, 1.54) is 65.0 Å². The van der Waals surface area contributed by atoms with E-state index in [9.17, 15) is 0 Å². The number of hydrogen-bond donors (Lipinski definition) is 0. The quantitative estimate of drug-likeness (QED) is 0.239. The normalized spacial score (nSPS) is 12.9. The van der Waals surface area contributed by atoms with Crippen LogP contribution in [0.15, 0.2) is 126 Å². The number of rotatable bonds is 2. The van der Waals surface area contributed by atoms with E-state index in [0.29, 0.717) is 0 Å². The van der Waals surface area contributed by atoms with E-state index in [2.05, 4.69) is 133 Å². The lowest BCUT2D eigenvalue weighted by Gasteiger charge is -2.16. The van der Waals surface area contributed by atoms with Crippen LogP contribution in [0.1, 0.15) is 6.42 Å². The molecule has 8 rings (SSSR count). The highest BCUT2D eigenvalue weighted by Gasteiger charge is 2.20. The molecule has 0 unspecified atom stereocenters. The standard InChI is InChI=1S/C37H24O/c1-3-13-25(14-4-1)34-27-16-5-2-6-17-29(27)35(30-19-10-9-18-28(30)34)31-20-11-21-32-37(31)36-26-15-8-7-12-24(26)22-23-33(36)38-32/h1-4,6-23H,5H2. The van der Waals surface area contributed by atoms with Crippen LogP contribution in [0.2, 0.25) is 0 Å². The Bertz CT molecular complexity index is 2190. The molecule has 0 spiro atoms. The first-order chi connectivity index (χ1) is 18.9. The van der Waals surface area contributed by atoms with Gasteiger partial charge < -0.3 is 4.42 Å². The zero-order valence-corrected chi connectivity index (χ0v) is 20.8. The lowest BCUT2D eigenvalue weighted by atomic mass is 9.86. The minimum atomic E-state index is 0.907. The maximum absolute atomic E-state index is 6.46. The molecule has 0 N–H and O–H groups in total. The summed E-state index contributed by atoms with van der Waals surface area (Å²) >= 11 is 0. The van der Waals surface area contributed by atoms with Gasteiger partial charge in [0.25, 0.3) is 0 Å². The molecule has 0 amide bonds. The van der Waals surface area contributed by atoms with Crippen LogP contribution in [0.3, 0.4) is 0 Å². The second-order valence-corrected chi connectivity index (χ2v) is 9.96. The van der Waals surface area contributed by atoms with E-state index >= 15 is 0 Å². The summed E-state index contributed by atoms with van der Waals surface area (Å²) in [6, 6.07) is 39.1. The van der Waals surface area contributed by atoms with Gasteiger partial charge in [-0.15, -0.1) is 0 Å². The third-order valence-corrected chi connectivity index (χ3v) is 7.87. The second kappa shape index (κ2) is 8.33. The zero-order valence-electron chi connectivity index (χ0n) is 20.8. The maximum Gasteiger partial charge on any atom is 0.136 e. The molecule has 0 radical (unpaired) electrons. The van der Waals surface area contributed by atoms with Gasteiger partial charge in [0, 0.05) is 10.8 Å². The summed E-state index contributed by atoms with van der Waals surface area (Å²) in [4.78, 5) is 0. The molecule has 0 saturated carbocycles. The monoisotopic (exact) mass is 484 g/mol. The van der Waals surface area contributed by atoms with Crippen molar-refractivity contribution in [3.63, 3.8) is 0 Å². The summed E-state index contributed by atoms with van der Waals surface area (Å²) in [5.74, 6) is 0. The molecule has 0 bridgehead atoms. The topological polar surface area (TPSA) is 13.1 Å². The highest BCUT2D eigenvalue weighted by Crippen LogP contribution is 2.41. The van der Waals surface area contributed by atoms with Gasteiger partial charge in [-0.25, -0.2) is 0 Å². The Morgan fingerprint density at radius 1 is 0.526 bits per heavy atom. The van der Waals surface area contributed by atoms with Crippen molar-refractivity contribution < 1.29 is 4.42 Å². The fourth-order valence-electron chi connectivity index (χ4n) is 6.29. The summed E-state index contributed by atoms with van der Waals surface area (Å²) in [7, 11) is 0. The van der Waals surface area contributed by atoms with Crippen molar-refractivity contribution in [2.75, 3.05) is 0 Å². The summed E-state index contributed by atoms with van der Waals surface area (Å²) in [6.45, 7) is 0. The van der Waals surface area contributed by atoms with E-state index in [1.807, 2.05) is 0 Å². The Kier molecular flexibility index (Phi) is 4.65. The zero-order chi connectivity index (χ0) is 25.1. The van der Waals surface area contributed by atoms with Crippen molar-refractivity contribution in [2.45, 2.75) is 6.42 Å². The molecule has 0 aliphatic heterocycles. The molecule has 0 saturated heterocycles. The van der Waals surface area contributed by atoms with E-state index in [4.69, 9.17) is 4.42 Å². The predicted molar refractivity (Wildman–Crippen MR) is 162 cm³/mol. The third kappa shape index (κ3) is 3.06. The Hall–Kier alpha value is -4.88. The molecule has 1 heterocycles. The summed E-state index contributed by atoms with van der Waals surface area (Å²) in [6.07, 6.45) is 10.0. The van der Waals surface area contributed by atoms with Crippen LogP contribution in [0.25, 0.3) is 77.9 Å². The van der Waals surface area contributed by atoms with Gasteiger partial charge in [-0.05, 0) is 72.8 Å². The lowest BCUT2D eigenvalue weighted by molar-refractivity contribution is 0.669. The van der Waals surface area contributed by atoms with Crippen molar-refractivity contribution >= 4 is 55.6 Å². The van der Waals surface area contributed by atoms with E-state index in [1.54, 1.807) is 0 Å². The number of hydrogen-bond acceptors (Lipinski definition) is 1. The molecular formula is C37H24O. The average Bonchev–Trinajstić information content (AvgIpc) is 3.20. The average molecular weight is 485 g/mol. The van der Waals surface area contributed by atoms with Crippen molar-refractivity contribution in [3.05, 3.63) is 132 Å². The molecular weight excluding hydrogens is 460 g/mol. The Balaban J connectivity index is 1.62. The maximum atomic E-state index is 6.46. The minimum Gasteiger partial charge on any atom is -0.456 e. The van der Waals surface area contributed by atoms with Crippen LogP contribution in [0.4, 0.5) is 0 Å². The lowest BCUT2D eigenvalue weighted by Crippen LogP contribution is -2.29.